The molecule has 42 heavy (non-hydrogen) atoms. The number of esters is 2. The van der Waals surface area contributed by atoms with E-state index in [0.29, 0.717) is 77.0 Å². The normalized spacial score (nSPS) is 44.8. The van der Waals surface area contributed by atoms with Crippen LogP contribution in [0.2, 0.25) is 0 Å². The smallest absolute Gasteiger partial charge is 0.338 e. The number of benzene rings is 1. The Morgan fingerprint density at radius 1 is 0.643 bits per heavy atom. The zero-order chi connectivity index (χ0) is 30.0. The van der Waals surface area contributed by atoms with Gasteiger partial charge in [-0.25, -0.2) is 9.59 Å². The Morgan fingerprint density at radius 2 is 1.00 bits per heavy atom. The third-order valence-corrected chi connectivity index (χ3v) is 11.8. The summed E-state index contributed by atoms with van der Waals surface area (Å²) >= 11 is 0. The molecule has 8 fully saturated rings. The number of carbonyl (C=O) groups is 2. The van der Waals surface area contributed by atoms with E-state index in [0.717, 1.165) is 18.2 Å². The summed E-state index contributed by atoms with van der Waals surface area (Å²) in [7, 11) is -4.80. The second-order valence-corrected chi connectivity index (χ2v) is 16.7. The summed E-state index contributed by atoms with van der Waals surface area (Å²) < 4.78 is 45.0. The van der Waals surface area contributed by atoms with Crippen LogP contribution in [0.5, 0.6) is 0 Å². The summed E-state index contributed by atoms with van der Waals surface area (Å²) in [5.41, 5.74) is -5.78. The Hall–Kier alpha value is -2.09. The van der Waals surface area contributed by atoms with Crippen LogP contribution in [0, 0.1) is 22.7 Å². The molecule has 11 nitrogen and oxygen atoms in total. The van der Waals surface area contributed by atoms with Gasteiger partial charge in [0, 0.05) is 23.7 Å². The lowest BCUT2D eigenvalue weighted by atomic mass is 9.46. The molecule has 9 rings (SSSR count). The quantitative estimate of drug-likeness (QED) is 0.226. The van der Waals surface area contributed by atoms with Gasteiger partial charge in [0.1, 0.15) is 0 Å². The first-order valence-corrected chi connectivity index (χ1v) is 16.2. The van der Waals surface area contributed by atoms with Gasteiger partial charge >= 0.3 is 11.9 Å². The SMILES string of the molecule is O=C(OCC12CC3CC(O)(CC(O)(C3)C1)C2)c1cc(C(=O)OCC23CC4CC(O)(CC(O)(C4)C2)C3)cc(S(=O)(=O)O)c1. The standard InChI is InChI=1S/C30H38O11S/c31-23(40-16-25-4-18-6-27(33,10-25)14-28(34,7-18)11-25)20-1-21(3-22(2-20)42(37,38)39)24(32)41-17-26-5-19-8-29(35,12-26)15-30(36,9-19)13-26/h1-3,18-19,33-36H,4-17H2,(H,37,38,39). The van der Waals surface area contributed by atoms with Crippen LogP contribution >= 0.6 is 0 Å². The van der Waals surface area contributed by atoms with E-state index in [-0.39, 0.29) is 36.2 Å². The summed E-state index contributed by atoms with van der Waals surface area (Å²) in [5, 5.41) is 44.0. The van der Waals surface area contributed by atoms with E-state index in [9.17, 15) is 43.0 Å². The van der Waals surface area contributed by atoms with Crippen LogP contribution in [0.4, 0.5) is 0 Å². The zero-order valence-corrected chi connectivity index (χ0v) is 24.2. The number of hydrogen-bond donors (Lipinski definition) is 5. The Kier molecular flexibility index (Phi) is 5.98. The fourth-order valence-corrected chi connectivity index (χ4v) is 11.5. The molecule has 0 aliphatic heterocycles. The molecule has 0 amide bonds. The van der Waals surface area contributed by atoms with E-state index in [1.165, 1.54) is 0 Å². The zero-order valence-electron chi connectivity index (χ0n) is 23.4. The van der Waals surface area contributed by atoms with E-state index < -0.39 is 60.2 Å². The van der Waals surface area contributed by atoms with Gasteiger partial charge in [0.25, 0.3) is 10.1 Å². The first-order chi connectivity index (χ1) is 19.4. The predicted molar refractivity (Wildman–Crippen MR) is 144 cm³/mol. The van der Waals surface area contributed by atoms with Crippen LogP contribution in [0.3, 0.4) is 0 Å². The van der Waals surface area contributed by atoms with Gasteiger partial charge in [-0.2, -0.15) is 8.42 Å². The lowest BCUT2D eigenvalue weighted by molar-refractivity contribution is -0.237. The molecule has 0 radical (unpaired) electrons. The molecule has 1 aromatic rings. The van der Waals surface area contributed by atoms with Crippen LogP contribution in [-0.4, -0.2) is 81.0 Å². The minimum Gasteiger partial charge on any atom is -0.461 e. The fourth-order valence-electron chi connectivity index (χ4n) is 11.0. The number of aliphatic hydroxyl groups is 4. The molecule has 4 unspecified atom stereocenters. The molecule has 0 aromatic heterocycles. The average Bonchev–Trinajstić information content (AvgIpc) is 2.80. The molecule has 0 spiro atoms. The largest absolute Gasteiger partial charge is 0.461 e. The summed E-state index contributed by atoms with van der Waals surface area (Å²) in [6, 6.07) is 3.01. The van der Waals surface area contributed by atoms with Crippen molar-refractivity contribution in [1.29, 1.82) is 0 Å². The highest BCUT2D eigenvalue weighted by atomic mass is 32.2. The molecule has 5 N–H and O–H groups in total. The van der Waals surface area contributed by atoms with Gasteiger partial charge in [0.05, 0.1) is 51.6 Å². The third-order valence-electron chi connectivity index (χ3n) is 10.9. The second kappa shape index (κ2) is 8.76. The molecule has 4 atom stereocenters. The molecule has 12 heteroatoms. The van der Waals surface area contributed by atoms with Crippen molar-refractivity contribution in [3.05, 3.63) is 29.3 Å². The van der Waals surface area contributed by atoms with E-state index in [1.54, 1.807) is 0 Å². The van der Waals surface area contributed by atoms with Gasteiger partial charge in [-0.3, -0.25) is 4.55 Å². The first-order valence-electron chi connectivity index (χ1n) is 14.8. The predicted octanol–water partition coefficient (Wildman–Crippen LogP) is 2.14. The minimum atomic E-state index is -4.80. The van der Waals surface area contributed by atoms with Crippen molar-refractivity contribution < 1.29 is 52.5 Å². The van der Waals surface area contributed by atoms with Crippen LogP contribution < -0.4 is 0 Å². The van der Waals surface area contributed by atoms with Crippen molar-refractivity contribution in [2.24, 2.45) is 22.7 Å². The summed E-state index contributed by atoms with van der Waals surface area (Å²) in [6.07, 6.45) is 5.97. The van der Waals surface area contributed by atoms with Crippen LogP contribution in [0.1, 0.15) is 97.8 Å². The summed E-state index contributed by atoms with van der Waals surface area (Å²) in [5.74, 6) is -1.58. The van der Waals surface area contributed by atoms with E-state index in [4.69, 9.17) is 9.47 Å². The highest BCUT2D eigenvalue weighted by Crippen LogP contribution is 2.64. The molecule has 8 bridgehead atoms. The van der Waals surface area contributed by atoms with Crippen molar-refractivity contribution in [2.75, 3.05) is 13.2 Å². The highest BCUT2D eigenvalue weighted by molar-refractivity contribution is 7.85. The molecular weight excluding hydrogens is 568 g/mol. The van der Waals surface area contributed by atoms with Crippen molar-refractivity contribution in [3.63, 3.8) is 0 Å². The van der Waals surface area contributed by atoms with E-state index >= 15 is 0 Å². The Balaban J connectivity index is 1.08. The summed E-state index contributed by atoms with van der Waals surface area (Å²) in [6.45, 7) is -0.170. The van der Waals surface area contributed by atoms with Gasteiger partial charge in [-0.15, -0.1) is 0 Å². The molecule has 0 heterocycles. The maximum atomic E-state index is 13.2. The van der Waals surface area contributed by atoms with Crippen molar-refractivity contribution in [3.8, 4) is 0 Å². The summed E-state index contributed by atoms with van der Waals surface area (Å²) in [4.78, 5) is 25.7. The van der Waals surface area contributed by atoms with Crippen LogP contribution in [-0.2, 0) is 19.6 Å². The van der Waals surface area contributed by atoms with Gasteiger partial charge in [0.15, 0.2) is 0 Å². The number of rotatable bonds is 7. The van der Waals surface area contributed by atoms with E-state index in [2.05, 4.69) is 0 Å². The topological polar surface area (TPSA) is 188 Å². The molecule has 1 aromatic carbocycles. The maximum Gasteiger partial charge on any atom is 0.338 e. The minimum absolute atomic E-state index is 0.0850. The number of ether oxygens (including phenoxy) is 2. The third kappa shape index (κ3) is 4.97. The molecular formula is C30H38O11S. The van der Waals surface area contributed by atoms with Gasteiger partial charge < -0.3 is 29.9 Å². The highest BCUT2D eigenvalue weighted by Gasteiger charge is 2.64. The van der Waals surface area contributed by atoms with Crippen molar-refractivity contribution in [2.45, 2.75) is 104 Å². The molecule has 0 saturated heterocycles. The van der Waals surface area contributed by atoms with Gasteiger partial charge in [0.2, 0.25) is 0 Å². The average molecular weight is 607 g/mol. The maximum absolute atomic E-state index is 13.2. The number of hydrogen-bond acceptors (Lipinski definition) is 10. The lowest BCUT2D eigenvalue weighted by Crippen LogP contribution is -2.64. The van der Waals surface area contributed by atoms with Gasteiger partial charge in [-0.1, -0.05) is 0 Å². The molecule has 8 aliphatic rings. The van der Waals surface area contributed by atoms with Gasteiger partial charge in [-0.05, 0) is 94.2 Å². The second-order valence-electron chi connectivity index (χ2n) is 15.3. The fraction of sp³-hybridized carbons (Fsp3) is 0.733. The number of carbonyl (C=O) groups excluding carboxylic acids is 2. The van der Waals surface area contributed by atoms with Crippen molar-refractivity contribution >= 4 is 22.1 Å². The Morgan fingerprint density at radius 3 is 1.31 bits per heavy atom. The van der Waals surface area contributed by atoms with Crippen LogP contribution in [0.15, 0.2) is 23.1 Å². The Labute approximate surface area is 244 Å². The Bertz CT molecular complexity index is 1340. The lowest BCUT2D eigenvalue weighted by Gasteiger charge is -2.63. The van der Waals surface area contributed by atoms with E-state index in [1.807, 2.05) is 0 Å². The van der Waals surface area contributed by atoms with Crippen molar-refractivity contribution in [1.82, 2.24) is 0 Å². The molecule has 8 aliphatic carbocycles. The molecule has 230 valence electrons. The monoisotopic (exact) mass is 606 g/mol. The molecule has 8 saturated carbocycles. The first kappa shape index (κ1) is 28.7. The van der Waals surface area contributed by atoms with Crippen LogP contribution in [0.25, 0.3) is 0 Å².